The topological polar surface area (TPSA) is 102 Å². The number of rotatable bonds is 3. The molecule has 1 atom stereocenters. The first-order valence-corrected chi connectivity index (χ1v) is 6.37. The van der Waals surface area contributed by atoms with E-state index in [0.717, 1.165) is 0 Å². The van der Waals surface area contributed by atoms with E-state index in [1.165, 1.54) is 4.90 Å². The lowest BCUT2D eigenvalue weighted by atomic mass is 10.2. The van der Waals surface area contributed by atoms with Crippen LogP contribution in [-0.2, 0) is 14.4 Å². The Balaban J connectivity index is 2.00. The van der Waals surface area contributed by atoms with Gasteiger partial charge < -0.3 is 5.32 Å². The van der Waals surface area contributed by atoms with Gasteiger partial charge in [-0.15, -0.1) is 0 Å². The van der Waals surface area contributed by atoms with Crippen molar-refractivity contribution < 1.29 is 14.4 Å². The van der Waals surface area contributed by atoms with Crippen molar-refractivity contribution in [2.24, 2.45) is 0 Å². The summed E-state index contributed by atoms with van der Waals surface area (Å²) >= 11 is 0. The molecule has 1 aliphatic heterocycles. The molecule has 0 spiro atoms. The van der Waals surface area contributed by atoms with Crippen LogP contribution in [0.15, 0.2) is 24.3 Å². The van der Waals surface area contributed by atoms with Gasteiger partial charge in [-0.2, -0.15) is 5.26 Å². The van der Waals surface area contributed by atoms with E-state index < -0.39 is 17.9 Å². The van der Waals surface area contributed by atoms with Crippen LogP contribution in [0, 0.1) is 11.3 Å². The molecule has 1 aliphatic rings. The molecule has 1 heterocycles. The van der Waals surface area contributed by atoms with E-state index in [9.17, 15) is 14.4 Å². The summed E-state index contributed by atoms with van der Waals surface area (Å²) in [5.41, 5.74) is 1.05. The number of anilines is 1. The van der Waals surface area contributed by atoms with Crippen LogP contribution in [0.5, 0.6) is 0 Å². The molecule has 1 unspecified atom stereocenters. The maximum Gasteiger partial charge on any atom is 0.241 e. The molecule has 0 bridgehead atoms. The highest BCUT2D eigenvalue weighted by molar-refractivity contribution is 6.01. The van der Waals surface area contributed by atoms with Gasteiger partial charge in [0.15, 0.2) is 0 Å². The molecule has 7 heteroatoms. The highest BCUT2D eigenvalue weighted by Crippen LogP contribution is 2.11. The van der Waals surface area contributed by atoms with Crippen LogP contribution in [0.1, 0.15) is 12.5 Å². The Bertz CT molecular complexity index is 602. The van der Waals surface area contributed by atoms with Crippen molar-refractivity contribution >= 4 is 23.4 Å². The number of carbonyl (C=O) groups excluding carboxylic acids is 3. The van der Waals surface area contributed by atoms with Crippen LogP contribution in [0.25, 0.3) is 0 Å². The number of piperazine rings is 1. The fourth-order valence-corrected chi connectivity index (χ4v) is 1.97. The zero-order valence-corrected chi connectivity index (χ0v) is 11.4. The maximum absolute atomic E-state index is 12.1. The van der Waals surface area contributed by atoms with Gasteiger partial charge in [-0.05, 0) is 31.2 Å². The minimum Gasteiger partial charge on any atom is -0.325 e. The Morgan fingerprint density at radius 2 is 1.86 bits per heavy atom. The second-order valence-electron chi connectivity index (χ2n) is 4.73. The largest absolute Gasteiger partial charge is 0.325 e. The summed E-state index contributed by atoms with van der Waals surface area (Å²) in [7, 11) is 0. The normalized spacial score (nSPS) is 16.8. The lowest BCUT2D eigenvalue weighted by Crippen LogP contribution is -2.56. The molecule has 2 rings (SSSR count). The zero-order chi connectivity index (χ0) is 15.4. The third kappa shape index (κ3) is 3.64. The summed E-state index contributed by atoms with van der Waals surface area (Å²) < 4.78 is 0. The zero-order valence-electron chi connectivity index (χ0n) is 11.4. The van der Waals surface area contributed by atoms with E-state index in [1.54, 1.807) is 31.2 Å². The van der Waals surface area contributed by atoms with Crippen molar-refractivity contribution in [3.05, 3.63) is 29.8 Å². The number of amides is 3. The van der Waals surface area contributed by atoms with Crippen molar-refractivity contribution in [2.75, 3.05) is 18.4 Å². The van der Waals surface area contributed by atoms with Crippen molar-refractivity contribution in [3.63, 3.8) is 0 Å². The molecule has 1 fully saturated rings. The highest BCUT2D eigenvalue weighted by atomic mass is 16.2. The molecule has 3 amide bonds. The summed E-state index contributed by atoms with van der Waals surface area (Å²) in [6, 6.07) is 7.81. The number of hydrogen-bond acceptors (Lipinski definition) is 5. The van der Waals surface area contributed by atoms with E-state index in [0.29, 0.717) is 11.3 Å². The van der Waals surface area contributed by atoms with Gasteiger partial charge in [0.2, 0.25) is 17.7 Å². The second-order valence-corrected chi connectivity index (χ2v) is 4.73. The fourth-order valence-electron chi connectivity index (χ4n) is 1.97. The number of nitrogens with one attached hydrogen (secondary N) is 2. The molecule has 1 aromatic carbocycles. The van der Waals surface area contributed by atoms with Gasteiger partial charge in [0, 0.05) is 5.69 Å². The number of imide groups is 1. The van der Waals surface area contributed by atoms with Crippen LogP contribution >= 0.6 is 0 Å². The molecule has 0 saturated carbocycles. The molecular formula is C14H14N4O3. The minimum atomic E-state index is -0.615. The average molecular weight is 286 g/mol. The summed E-state index contributed by atoms with van der Waals surface area (Å²) in [4.78, 5) is 36.2. The van der Waals surface area contributed by atoms with Gasteiger partial charge in [0.05, 0.1) is 30.8 Å². The minimum absolute atomic E-state index is 0.00764. The Labute approximate surface area is 121 Å². The predicted octanol–water partition coefficient (Wildman–Crippen LogP) is -0.156. The van der Waals surface area contributed by atoms with Gasteiger partial charge in [-0.3, -0.25) is 24.6 Å². The number of benzene rings is 1. The molecule has 108 valence electrons. The molecular weight excluding hydrogens is 272 g/mol. The lowest BCUT2D eigenvalue weighted by molar-refractivity contribution is -0.138. The Hall–Kier alpha value is -2.72. The second kappa shape index (κ2) is 6.15. The molecule has 0 aliphatic carbocycles. The molecule has 1 aromatic rings. The Kier molecular flexibility index (Phi) is 4.30. The quantitative estimate of drug-likeness (QED) is 0.752. The van der Waals surface area contributed by atoms with Crippen molar-refractivity contribution in [1.82, 2.24) is 10.2 Å². The average Bonchev–Trinajstić information content (AvgIpc) is 2.46. The first-order valence-electron chi connectivity index (χ1n) is 6.37. The van der Waals surface area contributed by atoms with E-state index >= 15 is 0 Å². The molecule has 1 saturated heterocycles. The molecule has 0 aromatic heterocycles. The first kappa shape index (κ1) is 14.7. The van der Waals surface area contributed by atoms with Crippen molar-refractivity contribution in [1.29, 1.82) is 5.26 Å². The standard InChI is InChI=1S/C14H14N4O3/c1-9(18-7-12(19)17-13(20)8-18)14(21)16-11-4-2-10(6-15)3-5-11/h2-5,9H,7-8H2,1H3,(H,16,21)(H,17,19,20). The number of nitrogens with zero attached hydrogens (tertiary/aromatic N) is 2. The van der Waals surface area contributed by atoms with Gasteiger partial charge in [-0.25, -0.2) is 0 Å². The fraction of sp³-hybridized carbons (Fsp3) is 0.286. The third-order valence-electron chi connectivity index (χ3n) is 3.18. The summed E-state index contributed by atoms with van der Waals surface area (Å²) in [5.74, 6) is -1.14. The molecule has 0 radical (unpaired) electrons. The smallest absolute Gasteiger partial charge is 0.241 e. The van der Waals surface area contributed by atoms with Crippen LogP contribution in [0.4, 0.5) is 5.69 Å². The number of hydrogen-bond donors (Lipinski definition) is 2. The SMILES string of the molecule is CC(C(=O)Nc1ccc(C#N)cc1)N1CC(=O)NC(=O)C1. The predicted molar refractivity (Wildman–Crippen MR) is 74.0 cm³/mol. The van der Waals surface area contributed by atoms with E-state index in [4.69, 9.17) is 5.26 Å². The first-order chi connectivity index (χ1) is 9.99. The summed E-state index contributed by atoms with van der Waals surface area (Å²) in [5, 5.41) is 13.6. The van der Waals surface area contributed by atoms with E-state index in [2.05, 4.69) is 10.6 Å². The lowest BCUT2D eigenvalue weighted by Gasteiger charge is -2.29. The summed E-state index contributed by atoms with van der Waals surface area (Å²) in [6.07, 6.45) is 0. The van der Waals surface area contributed by atoms with Crippen molar-refractivity contribution in [3.8, 4) is 6.07 Å². The van der Waals surface area contributed by atoms with Gasteiger partial charge in [-0.1, -0.05) is 0 Å². The van der Waals surface area contributed by atoms with Crippen LogP contribution in [0.2, 0.25) is 0 Å². The Morgan fingerprint density at radius 1 is 1.29 bits per heavy atom. The van der Waals surface area contributed by atoms with Gasteiger partial charge >= 0.3 is 0 Å². The van der Waals surface area contributed by atoms with Crippen LogP contribution in [-0.4, -0.2) is 41.8 Å². The number of carbonyl (C=O) groups is 3. The van der Waals surface area contributed by atoms with Crippen LogP contribution < -0.4 is 10.6 Å². The van der Waals surface area contributed by atoms with E-state index in [-0.39, 0.29) is 19.0 Å². The van der Waals surface area contributed by atoms with Crippen LogP contribution in [0.3, 0.4) is 0 Å². The summed E-state index contributed by atoms with van der Waals surface area (Å²) in [6.45, 7) is 1.65. The van der Waals surface area contributed by atoms with E-state index in [1.807, 2.05) is 6.07 Å². The maximum atomic E-state index is 12.1. The van der Waals surface area contributed by atoms with Gasteiger partial charge in [0.25, 0.3) is 0 Å². The highest BCUT2D eigenvalue weighted by Gasteiger charge is 2.29. The molecule has 2 N–H and O–H groups in total. The molecule has 21 heavy (non-hydrogen) atoms. The number of nitriles is 1. The van der Waals surface area contributed by atoms with Gasteiger partial charge in [0.1, 0.15) is 0 Å². The molecule has 7 nitrogen and oxygen atoms in total. The monoisotopic (exact) mass is 286 g/mol. The third-order valence-corrected chi connectivity index (χ3v) is 3.18. The van der Waals surface area contributed by atoms with Crippen molar-refractivity contribution in [2.45, 2.75) is 13.0 Å². The Morgan fingerprint density at radius 3 is 2.38 bits per heavy atom.